The number of piperazine rings is 1. The van der Waals surface area contributed by atoms with Gasteiger partial charge >= 0.3 is 0 Å². The van der Waals surface area contributed by atoms with Crippen LogP contribution in [0.25, 0.3) is 0 Å². The molecule has 1 aromatic carbocycles. The first-order valence-corrected chi connectivity index (χ1v) is 7.00. The standard InChI is InChI=1S/C13H19IN2O/c1-15-5-7-16(8-6-15)10-11-3-4-12(14)13(9-11)17-2/h3-4,9H,5-8,10H2,1-2H3. The van der Waals surface area contributed by atoms with E-state index in [-0.39, 0.29) is 0 Å². The van der Waals surface area contributed by atoms with Crippen LogP contribution >= 0.6 is 22.6 Å². The van der Waals surface area contributed by atoms with E-state index >= 15 is 0 Å². The molecular formula is C13H19IN2O. The molecule has 1 aliphatic heterocycles. The van der Waals surface area contributed by atoms with Crippen LogP contribution in [0.5, 0.6) is 5.75 Å². The van der Waals surface area contributed by atoms with Crippen LogP contribution in [0, 0.1) is 3.57 Å². The van der Waals surface area contributed by atoms with E-state index in [1.807, 2.05) is 0 Å². The van der Waals surface area contributed by atoms with E-state index in [0.29, 0.717) is 0 Å². The normalized spacial score (nSPS) is 18.3. The molecule has 0 spiro atoms. The molecule has 94 valence electrons. The fraction of sp³-hybridized carbons (Fsp3) is 0.538. The second-order valence-electron chi connectivity index (χ2n) is 4.55. The summed E-state index contributed by atoms with van der Waals surface area (Å²) in [6.45, 7) is 5.68. The zero-order valence-electron chi connectivity index (χ0n) is 10.4. The van der Waals surface area contributed by atoms with Gasteiger partial charge in [-0.15, -0.1) is 0 Å². The van der Waals surface area contributed by atoms with Crippen molar-refractivity contribution in [2.24, 2.45) is 0 Å². The molecule has 0 aliphatic carbocycles. The number of ether oxygens (including phenoxy) is 1. The minimum absolute atomic E-state index is 0.984. The second-order valence-corrected chi connectivity index (χ2v) is 5.71. The molecule has 0 atom stereocenters. The topological polar surface area (TPSA) is 15.7 Å². The van der Waals surface area contributed by atoms with E-state index in [4.69, 9.17) is 4.74 Å². The molecule has 0 aromatic heterocycles. The van der Waals surface area contributed by atoms with Crippen molar-refractivity contribution >= 4 is 22.6 Å². The molecule has 0 N–H and O–H groups in total. The lowest BCUT2D eigenvalue weighted by atomic mass is 10.2. The molecular weight excluding hydrogens is 327 g/mol. The van der Waals surface area contributed by atoms with Crippen molar-refractivity contribution in [2.45, 2.75) is 6.54 Å². The van der Waals surface area contributed by atoms with Gasteiger partial charge in [0, 0.05) is 32.7 Å². The smallest absolute Gasteiger partial charge is 0.132 e. The van der Waals surface area contributed by atoms with Gasteiger partial charge in [0.25, 0.3) is 0 Å². The molecule has 17 heavy (non-hydrogen) atoms. The van der Waals surface area contributed by atoms with E-state index in [1.165, 1.54) is 22.2 Å². The Morgan fingerprint density at radius 3 is 2.59 bits per heavy atom. The summed E-state index contributed by atoms with van der Waals surface area (Å²) >= 11 is 2.31. The number of halogens is 1. The molecule has 4 heteroatoms. The predicted molar refractivity (Wildman–Crippen MR) is 78.5 cm³/mol. The Bertz CT molecular complexity index is 376. The number of hydrogen-bond donors (Lipinski definition) is 0. The highest BCUT2D eigenvalue weighted by atomic mass is 127. The lowest BCUT2D eigenvalue weighted by molar-refractivity contribution is 0.148. The Kier molecular flexibility index (Phi) is 4.64. The van der Waals surface area contributed by atoms with Crippen molar-refractivity contribution in [1.29, 1.82) is 0 Å². The minimum atomic E-state index is 0.984. The van der Waals surface area contributed by atoms with Gasteiger partial charge in [-0.1, -0.05) is 6.07 Å². The number of methoxy groups -OCH3 is 1. The van der Waals surface area contributed by atoms with E-state index in [9.17, 15) is 0 Å². The molecule has 1 fully saturated rings. The van der Waals surface area contributed by atoms with Gasteiger partial charge in [-0.2, -0.15) is 0 Å². The first-order chi connectivity index (χ1) is 8.19. The first kappa shape index (κ1) is 13.1. The summed E-state index contributed by atoms with van der Waals surface area (Å²) in [5.41, 5.74) is 1.34. The Balaban J connectivity index is 1.99. The number of hydrogen-bond acceptors (Lipinski definition) is 3. The van der Waals surface area contributed by atoms with Gasteiger partial charge in [-0.05, 0) is 47.3 Å². The van der Waals surface area contributed by atoms with Gasteiger partial charge in [0.15, 0.2) is 0 Å². The van der Waals surface area contributed by atoms with Gasteiger partial charge < -0.3 is 9.64 Å². The molecule has 0 bridgehead atoms. The highest BCUT2D eigenvalue weighted by molar-refractivity contribution is 14.1. The second kappa shape index (κ2) is 6.02. The van der Waals surface area contributed by atoms with Crippen LogP contribution in [0.15, 0.2) is 18.2 Å². The first-order valence-electron chi connectivity index (χ1n) is 5.92. The number of likely N-dealkylation sites (N-methyl/N-ethyl adjacent to an activating group) is 1. The fourth-order valence-corrected chi connectivity index (χ4v) is 2.62. The Hall–Kier alpha value is -0.330. The van der Waals surface area contributed by atoms with E-state index in [2.05, 4.69) is 57.6 Å². The summed E-state index contributed by atoms with van der Waals surface area (Å²) in [6.07, 6.45) is 0. The lowest BCUT2D eigenvalue weighted by Gasteiger charge is -2.32. The van der Waals surface area contributed by atoms with Crippen molar-refractivity contribution in [1.82, 2.24) is 9.80 Å². The average molecular weight is 346 g/mol. The maximum absolute atomic E-state index is 5.36. The predicted octanol–water partition coefficient (Wildman–Crippen LogP) is 2.05. The third-order valence-corrected chi connectivity index (χ3v) is 4.11. The molecule has 0 amide bonds. The number of benzene rings is 1. The van der Waals surface area contributed by atoms with Gasteiger partial charge in [-0.25, -0.2) is 0 Å². The summed E-state index contributed by atoms with van der Waals surface area (Å²) in [5.74, 6) is 0.984. The summed E-state index contributed by atoms with van der Waals surface area (Å²) in [5, 5.41) is 0. The molecule has 1 saturated heterocycles. The van der Waals surface area contributed by atoms with E-state index in [1.54, 1.807) is 7.11 Å². The van der Waals surface area contributed by atoms with Gasteiger partial charge in [0.2, 0.25) is 0 Å². The fourth-order valence-electron chi connectivity index (χ4n) is 2.07. The molecule has 0 radical (unpaired) electrons. The molecule has 3 nitrogen and oxygen atoms in total. The molecule has 1 aliphatic rings. The molecule has 1 aromatic rings. The summed E-state index contributed by atoms with van der Waals surface area (Å²) in [6, 6.07) is 6.48. The zero-order valence-corrected chi connectivity index (χ0v) is 12.6. The van der Waals surface area contributed by atoms with Gasteiger partial charge in [-0.3, -0.25) is 4.90 Å². The van der Waals surface area contributed by atoms with Crippen LogP contribution in [0.2, 0.25) is 0 Å². The van der Waals surface area contributed by atoms with Crippen LogP contribution in [0.1, 0.15) is 5.56 Å². The Morgan fingerprint density at radius 1 is 1.24 bits per heavy atom. The van der Waals surface area contributed by atoms with Crippen molar-refractivity contribution in [3.05, 3.63) is 27.3 Å². The third kappa shape index (κ3) is 3.56. The minimum Gasteiger partial charge on any atom is -0.496 e. The van der Waals surface area contributed by atoms with Crippen LogP contribution in [0.4, 0.5) is 0 Å². The monoisotopic (exact) mass is 346 g/mol. The van der Waals surface area contributed by atoms with Crippen LogP contribution in [-0.4, -0.2) is 50.1 Å². The number of nitrogens with zero attached hydrogens (tertiary/aromatic N) is 2. The molecule has 0 saturated carbocycles. The van der Waals surface area contributed by atoms with Crippen molar-refractivity contribution in [3.63, 3.8) is 0 Å². The summed E-state index contributed by atoms with van der Waals surface area (Å²) in [4.78, 5) is 4.88. The third-order valence-electron chi connectivity index (χ3n) is 3.22. The highest BCUT2D eigenvalue weighted by Crippen LogP contribution is 2.22. The van der Waals surface area contributed by atoms with Crippen LogP contribution in [-0.2, 0) is 6.54 Å². The average Bonchev–Trinajstić information content (AvgIpc) is 2.34. The SMILES string of the molecule is COc1cc(CN2CCN(C)CC2)ccc1I. The van der Waals surface area contributed by atoms with Crippen LogP contribution < -0.4 is 4.74 Å². The Labute approximate surface area is 117 Å². The molecule has 2 rings (SSSR count). The van der Waals surface area contributed by atoms with Crippen molar-refractivity contribution < 1.29 is 4.74 Å². The largest absolute Gasteiger partial charge is 0.496 e. The highest BCUT2D eigenvalue weighted by Gasteiger charge is 2.14. The van der Waals surface area contributed by atoms with Gasteiger partial charge in [0.05, 0.1) is 10.7 Å². The van der Waals surface area contributed by atoms with Crippen LogP contribution in [0.3, 0.4) is 0 Å². The molecule has 1 heterocycles. The van der Waals surface area contributed by atoms with E-state index < -0.39 is 0 Å². The Morgan fingerprint density at radius 2 is 1.94 bits per heavy atom. The number of rotatable bonds is 3. The quantitative estimate of drug-likeness (QED) is 0.780. The lowest BCUT2D eigenvalue weighted by Crippen LogP contribution is -2.43. The zero-order chi connectivity index (χ0) is 12.3. The maximum atomic E-state index is 5.36. The van der Waals surface area contributed by atoms with Crippen molar-refractivity contribution in [3.8, 4) is 5.75 Å². The summed E-state index contributed by atoms with van der Waals surface area (Å²) in [7, 11) is 3.92. The van der Waals surface area contributed by atoms with Crippen molar-refractivity contribution in [2.75, 3.05) is 40.3 Å². The van der Waals surface area contributed by atoms with E-state index in [0.717, 1.165) is 25.4 Å². The van der Waals surface area contributed by atoms with Gasteiger partial charge in [0.1, 0.15) is 5.75 Å². The summed E-state index contributed by atoms with van der Waals surface area (Å²) < 4.78 is 6.53. The maximum Gasteiger partial charge on any atom is 0.132 e. The molecule has 0 unspecified atom stereocenters.